The molecule has 154 valence electrons. The lowest BCUT2D eigenvalue weighted by Gasteiger charge is -2.21. The number of para-hydroxylation sites is 1. The van der Waals surface area contributed by atoms with Crippen LogP contribution in [0.1, 0.15) is 37.3 Å². The molecule has 1 saturated heterocycles. The number of imide groups is 1. The molecule has 0 aromatic heterocycles. The van der Waals surface area contributed by atoms with Crippen LogP contribution in [-0.2, 0) is 16.0 Å². The molecule has 2 aromatic carbocycles. The van der Waals surface area contributed by atoms with E-state index in [1.807, 2.05) is 24.3 Å². The second kappa shape index (κ2) is 9.18. The standard InChI is InChI=1S/C23H26FNO4/c1-15(2)20-5-3-4-6-21(20)29-14-19(26)13-25-22(27)12-17(23(25)28)11-16-7-9-18(24)10-8-16/h3-10,15,17,19,26H,11-14H2,1-2H3. The molecular weight excluding hydrogens is 373 g/mol. The Labute approximate surface area is 170 Å². The van der Waals surface area contributed by atoms with E-state index in [1.54, 1.807) is 12.1 Å². The molecule has 0 spiro atoms. The first-order valence-corrected chi connectivity index (χ1v) is 9.83. The van der Waals surface area contributed by atoms with Crippen molar-refractivity contribution >= 4 is 11.8 Å². The van der Waals surface area contributed by atoms with Gasteiger partial charge in [0.1, 0.15) is 24.3 Å². The van der Waals surface area contributed by atoms with Crippen molar-refractivity contribution in [3.05, 3.63) is 65.5 Å². The first kappa shape index (κ1) is 21.0. The number of aliphatic hydroxyl groups excluding tert-OH is 1. The van der Waals surface area contributed by atoms with Gasteiger partial charge in [-0.05, 0) is 41.7 Å². The maximum atomic E-state index is 13.0. The molecule has 1 heterocycles. The number of likely N-dealkylation sites (tertiary alicyclic amines) is 1. The third-order valence-electron chi connectivity index (χ3n) is 5.10. The summed E-state index contributed by atoms with van der Waals surface area (Å²) in [7, 11) is 0. The number of carbonyl (C=O) groups excluding carboxylic acids is 2. The van der Waals surface area contributed by atoms with Gasteiger partial charge in [0.25, 0.3) is 0 Å². The minimum Gasteiger partial charge on any atom is -0.491 e. The van der Waals surface area contributed by atoms with E-state index in [0.717, 1.165) is 16.0 Å². The zero-order valence-corrected chi connectivity index (χ0v) is 16.7. The Hall–Kier alpha value is -2.73. The topological polar surface area (TPSA) is 66.8 Å². The SMILES string of the molecule is CC(C)c1ccccc1OCC(O)CN1C(=O)CC(Cc2ccc(F)cc2)C1=O. The van der Waals surface area contributed by atoms with Crippen molar-refractivity contribution in [1.29, 1.82) is 0 Å². The summed E-state index contributed by atoms with van der Waals surface area (Å²) in [6.07, 6.45) is -0.511. The lowest BCUT2D eigenvalue weighted by Crippen LogP contribution is -2.39. The number of halogens is 1. The van der Waals surface area contributed by atoms with Crippen molar-refractivity contribution in [1.82, 2.24) is 4.90 Å². The molecule has 0 aliphatic carbocycles. The van der Waals surface area contributed by atoms with Crippen LogP contribution in [0.5, 0.6) is 5.75 Å². The third-order valence-corrected chi connectivity index (χ3v) is 5.10. The van der Waals surface area contributed by atoms with Crippen molar-refractivity contribution < 1.29 is 23.8 Å². The van der Waals surface area contributed by atoms with Gasteiger partial charge in [-0.2, -0.15) is 0 Å². The predicted octanol–water partition coefficient (Wildman–Crippen LogP) is 3.31. The Kier molecular flexibility index (Phi) is 6.64. The average Bonchev–Trinajstić information content (AvgIpc) is 2.95. The zero-order chi connectivity index (χ0) is 21.0. The van der Waals surface area contributed by atoms with Crippen molar-refractivity contribution in [2.75, 3.05) is 13.2 Å². The number of nitrogens with zero attached hydrogens (tertiary/aromatic N) is 1. The third kappa shape index (κ3) is 5.21. The molecule has 1 fully saturated rings. The van der Waals surface area contributed by atoms with Gasteiger partial charge in [0.05, 0.1) is 12.5 Å². The van der Waals surface area contributed by atoms with Crippen LogP contribution in [0, 0.1) is 11.7 Å². The number of hydrogen-bond donors (Lipinski definition) is 1. The molecule has 29 heavy (non-hydrogen) atoms. The molecule has 0 saturated carbocycles. The largest absolute Gasteiger partial charge is 0.491 e. The molecule has 2 unspecified atom stereocenters. The van der Waals surface area contributed by atoms with Crippen molar-refractivity contribution in [2.45, 2.75) is 38.7 Å². The molecule has 2 amide bonds. The first-order valence-electron chi connectivity index (χ1n) is 9.83. The number of hydrogen-bond acceptors (Lipinski definition) is 4. The van der Waals surface area contributed by atoms with E-state index in [0.29, 0.717) is 12.2 Å². The molecular formula is C23H26FNO4. The van der Waals surface area contributed by atoms with Crippen LogP contribution in [-0.4, -0.2) is 41.1 Å². The van der Waals surface area contributed by atoms with Gasteiger partial charge >= 0.3 is 0 Å². The highest BCUT2D eigenvalue weighted by molar-refractivity contribution is 6.03. The maximum absolute atomic E-state index is 13.0. The van der Waals surface area contributed by atoms with E-state index in [2.05, 4.69) is 13.8 Å². The number of ether oxygens (including phenoxy) is 1. The van der Waals surface area contributed by atoms with Crippen LogP contribution in [0.15, 0.2) is 48.5 Å². The average molecular weight is 399 g/mol. The van der Waals surface area contributed by atoms with Crippen LogP contribution >= 0.6 is 0 Å². The second-order valence-electron chi connectivity index (χ2n) is 7.73. The molecule has 6 heteroatoms. The Balaban J connectivity index is 1.56. The summed E-state index contributed by atoms with van der Waals surface area (Å²) in [5, 5.41) is 10.3. The fourth-order valence-electron chi connectivity index (χ4n) is 3.55. The molecule has 0 radical (unpaired) electrons. The van der Waals surface area contributed by atoms with Crippen LogP contribution in [0.2, 0.25) is 0 Å². The van der Waals surface area contributed by atoms with Gasteiger partial charge in [-0.25, -0.2) is 4.39 Å². The quantitative estimate of drug-likeness (QED) is 0.692. The number of benzene rings is 2. The highest BCUT2D eigenvalue weighted by Crippen LogP contribution is 2.27. The predicted molar refractivity (Wildman–Crippen MR) is 107 cm³/mol. The van der Waals surface area contributed by atoms with Gasteiger partial charge in [-0.1, -0.05) is 44.2 Å². The summed E-state index contributed by atoms with van der Waals surface area (Å²) in [5.74, 6) is -0.467. The second-order valence-corrected chi connectivity index (χ2v) is 7.73. The van der Waals surface area contributed by atoms with Crippen LogP contribution in [0.25, 0.3) is 0 Å². The fourth-order valence-corrected chi connectivity index (χ4v) is 3.55. The molecule has 1 N–H and O–H groups in total. The summed E-state index contributed by atoms with van der Waals surface area (Å²) >= 11 is 0. The molecule has 0 bridgehead atoms. The van der Waals surface area contributed by atoms with E-state index >= 15 is 0 Å². The number of carbonyl (C=O) groups is 2. The monoisotopic (exact) mass is 399 g/mol. The van der Waals surface area contributed by atoms with Crippen molar-refractivity contribution in [3.8, 4) is 5.75 Å². The number of aliphatic hydroxyl groups is 1. The van der Waals surface area contributed by atoms with E-state index in [4.69, 9.17) is 4.74 Å². The minimum atomic E-state index is -0.979. The van der Waals surface area contributed by atoms with Gasteiger partial charge in [-0.15, -0.1) is 0 Å². The summed E-state index contributed by atoms with van der Waals surface area (Å²) in [5.41, 5.74) is 1.83. The lowest BCUT2D eigenvalue weighted by molar-refractivity contribution is -0.141. The molecule has 2 aromatic rings. The Morgan fingerprint density at radius 3 is 2.52 bits per heavy atom. The highest BCUT2D eigenvalue weighted by atomic mass is 19.1. The minimum absolute atomic E-state index is 0.0105. The summed E-state index contributed by atoms with van der Waals surface area (Å²) < 4.78 is 18.8. The summed E-state index contributed by atoms with van der Waals surface area (Å²) in [4.78, 5) is 26.0. The van der Waals surface area contributed by atoms with Crippen molar-refractivity contribution in [2.24, 2.45) is 5.92 Å². The van der Waals surface area contributed by atoms with Crippen LogP contribution in [0.4, 0.5) is 4.39 Å². The van der Waals surface area contributed by atoms with Crippen LogP contribution < -0.4 is 4.74 Å². The summed E-state index contributed by atoms with van der Waals surface area (Å²) in [6, 6.07) is 13.5. The molecule has 5 nitrogen and oxygen atoms in total. The molecule has 2 atom stereocenters. The first-order chi connectivity index (χ1) is 13.8. The van der Waals surface area contributed by atoms with Crippen molar-refractivity contribution in [3.63, 3.8) is 0 Å². The smallest absolute Gasteiger partial charge is 0.233 e. The molecule has 3 rings (SSSR count). The number of amides is 2. The Morgan fingerprint density at radius 1 is 1.14 bits per heavy atom. The van der Waals surface area contributed by atoms with E-state index in [9.17, 15) is 19.1 Å². The van der Waals surface area contributed by atoms with Gasteiger partial charge in [0, 0.05) is 6.42 Å². The Bertz CT molecular complexity index is 865. The van der Waals surface area contributed by atoms with E-state index < -0.39 is 12.0 Å². The van der Waals surface area contributed by atoms with Crippen LogP contribution in [0.3, 0.4) is 0 Å². The number of rotatable bonds is 8. The molecule has 1 aliphatic heterocycles. The fraction of sp³-hybridized carbons (Fsp3) is 0.391. The lowest BCUT2D eigenvalue weighted by atomic mass is 9.98. The van der Waals surface area contributed by atoms with Gasteiger partial charge in [0.2, 0.25) is 11.8 Å². The summed E-state index contributed by atoms with van der Waals surface area (Å²) in [6.45, 7) is 4.01. The normalized spacial score (nSPS) is 17.8. The maximum Gasteiger partial charge on any atom is 0.233 e. The van der Waals surface area contributed by atoms with E-state index in [-0.39, 0.29) is 43.1 Å². The Morgan fingerprint density at radius 2 is 1.83 bits per heavy atom. The van der Waals surface area contributed by atoms with Gasteiger partial charge < -0.3 is 9.84 Å². The zero-order valence-electron chi connectivity index (χ0n) is 16.7. The molecule has 1 aliphatic rings. The van der Waals surface area contributed by atoms with Gasteiger partial charge in [-0.3, -0.25) is 14.5 Å². The number of β-amino-alcohol motifs (C(OH)–C–C–N with tert-alkyl or cyclic N) is 1. The highest BCUT2D eigenvalue weighted by Gasteiger charge is 2.39. The van der Waals surface area contributed by atoms with E-state index in [1.165, 1.54) is 12.1 Å². The van der Waals surface area contributed by atoms with Gasteiger partial charge in [0.15, 0.2) is 0 Å².